The lowest BCUT2D eigenvalue weighted by atomic mass is 10.1. The summed E-state index contributed by atoms with van der Waals surface area (Å²) in [6.07, 6.45) is 3.89. The summed E-state index contributed by atoms with van der Waals surface area (Å²) in [4.78, 5) is 16.2. The Labute approximate surface area is 119 Å². The smallest absolute Gasteiger partial charge is 0.163 e. The molecule has 0 aliphatic rings. The van der Waals surface area contributed by atoms with Gasteiger partial charge in [0.1, 0.15) is 0 Å². The minimum Gasteiger partial charge on any atom is -0.294 e. The molecule has 20 heavy (non-hydrogen) atoms. The molecule has 0 radical (unpaired) electrons. The minimum atomic E-state index is 0.0912. The lowest BCUT2D eigenvalue weighted by Gasteiger charge is -1.98. The first kappa shape index (κ1) is 13.9. The van der Waals surface area contributed by atoms with Crippen molar-refractivity contribution < 1.29 is 4.79 Å². The van der Waals surface area contributed by atoms with Crippen LogP contribution in [0.3, 0.4) is 0 Å². The lowest BCUT2D eigenvalue weighted by Crippen LogP contribution is -1.99. The Morgan fingerprint density at radius 2 is 1.60 bits per heavy atom. The maximum Gasteiger partial charge on any atom is 0.163 e. The highest BCUT2D eigenvalue weighted by Crippen LogP contribution is 2.10. The van der Waals surface area contributed by atoms with Crippen molar-refractivity contribution in [2.24, 2.45) is 4.99 Å². The largest absolute Gasteiger partial charge is 0.294 e. The summed E-state index contributed by atoms with van der Waals surface area (Å²) in [5, 5.41) is 0. The summed E-state index contributed by atoms with van der Waals surface area (Å²) in [5.74, 6) is 0.0912. The quantitative estimate of drug-likeness (QED) is 0.578. The molecule has 0 saturated heterocycles. The number of hydrogen-bond donors (Lipinski definition) is 0. The molecule has 0 unspecified atom stereocenters. The molecule has 2 aromatic rings. The topological polar surface area (TPSA) is 29.4 Å². The van der Waals surface area contributed by atoms with Crippen LogP contribution in [0.1, 0.15) is 18.9 Å². The summed E-state index contributed by atoms with van der Waals surface area (Å²) in [6, 6.07) is 19.5. The predicted molar refractivity (Wildman–Crippen MR) is 84.3 cm³/mol. The second kappa shape index (κ2) is 7.19. The van der Waals surface area contributed by atoms with Crippen LogP contribution in [0.25, 0.3) is 6.08 Å². The first-order valence-corrected chi connectivity index (χ1v) is 6.60. The average Bonchev–Trinajstić information content (AvgIpc) is 2.49. The van der Waals surface area contributed by atoms with Gasteiger partial charge in [0.2, 0.25) is 0 Å². The minimum absolute atomic E-state index is 0.0912. The van der Waals surface area contributed by atoms with E-state index in [1.54, 1.807) is 6.21 Å². The molecule has 0 spiro atoms. The van der Waals surface area contributed by atoms with Crippen LogP contribution in [-0.4, -0.2) is 12.0 Å². The SMILES string of the molecule is C/C(=C\c1ccccc1)C(=O)CC=Nc1ccccc1. The number of Topliss-reactive ketones (excluding diaryl/α,β-unsaturated/α-hetero) is 1. The Kier molecular flexibility index (Phi) is 5.01. The van der Waals surface area contributed by atoms with Gasteiger partial charge < -0.3 is 0 Å². The molecular weight excluding hydrogens is 246 g/mol. The van der Waals surface area contributed by atoms with Crippen LogP contribution < -0.4 is 0 Å². The van der Waals surface area contributed by atoms with E-state index in [1.807, 2.05) is 73.7 Å². The van der Waals surface area contributed by atoms with Gasteiger partial charge in [0, 0.05) is 12.6 Å². The molecule has 0 N–H and O–H groups in total. The molecule has 0 fully saturated rings. The average molecular weight is 263 g/mol. The van der Waals surface area contributed by atoms with E-state index in [9.17, 15) is 4.79 Å². The Balaban J connectivity index is 1.95. The Hall–Kier alpha value is -2.48. The zero-order valence-electron chi connectivity index (χ0n) is 11.5. The number of rotatable bonds is 5. The van der Waals surface area contributed by atoms with Crippen molar-refractivity contribution >= 4 is 23.8 Å². The molecule has 0 heterocycles. The maximum absolute atomic E-state index is 12.0. The molecule has 2 nitrogen and oxygen atoms in total. The van der Waals surface area contributed by atoms with Crippen LogP contribution in [0.4, 0.5) is 5.69 Å². The van der Waals surface area contributed by atoms with E-state index in [2.05, 4.69) is 4.99 Å². The molecular formula is C18H17NO. The van der Waals surface area contributed by atoms with Gasteiger partial charge in [-0.05, 0) is 36.3 Å². The number of allylic oxidation sites excluding steroid dienone is 1. The zero-order valence-corrected chi connectivity index (χ0v) is 11.5. The number of hydrogen-bond acceptors (Lipinski definition) is 2. The Morgan fingerprint density at radius 1 is 1.00 bits per heavy atom. The molecule has 2 rings (SSSR count). The van der Waals surface area contributed by atoms with E-state index in [-0.39, 0.29) is 5.78 Å². The number of benzene rings is 2. The molecule has 0 saturated carbocycles. The van der Waals surface area contributed by atoms with Crippen molar-refractivity contribution in [3.63, 3.8) is 0 Å². The molecule has 0 atom stereocenters. The van der Waals surface area contributed by atoms with Gasteiger partial charge in [-0.2, -0.15) is 0 Å². The van der Waals surface area contributed by atoms with E-state index in [0.29, 0.717) is 6.42 Å². The van der Waals surface area contributed by atoms with E-state index >= 15 is 0 Å². The van der Waals surface area contributed by atoms with Crippen LogP contribution >= 0.6 is 0 Å². The molecule has 2 aromatic carbocycles. The van der Waals surface area contributed by atoms with Crippen LogP contribution in [0, 0.1) is 0 Å². The molecule has 0 aliphatic carbocycles. The first-order chi connectivity index (χ1) is 9.75. The third kappa shape index (κ3) is 4.32. The van der Waals surface area contributed by atoms with Crippen LogP contribution in [0.15, 0.2) is 71.2 Å². The molecule has 0 aliphatic heterocycles. The van der Waals surface area contributed by atoms with Crippen molar-refractivity contribution in [1.82, 2.24) is 0 Å². The fraction of sp³-hybridized carbons (Fsp3) is 0.111. The summed E-state index contributed by atoms with van der Waals surface area (Å²) in [7, 11) is 0. The number of para-hydroxylation sites is 1. The van der Waals surface area contributed by atoms with Crippen molar-refractivity contribution in [2.75, 3.05) is 0 Å². The molecule has 0 aromatic heterocycles. The lowest BCUT2D eigenvalue weighted by molar-refractivity contribution is -0.114. The number of nitrogens with zero attached hydrogens (tertiary/aromatic N) is 1. The van der Waals surface area contributed by atoms with Crippen LogP contribution in [-0.2, 0) is 4.79 Å². The van der Waals surface area contributed by atoms with Crippen molar-refractivity contribution in [2.45, 2.75) is 13.3 Å². The fourth-order valence-corrected chi connectivity index (χ4v) is 1.79. The highest BCUT2D eigenvalue weighted by atomic mass is 16.1. The number of carbonyl (C=O) groups excluding carboxylic acids is 1. The molecule has 2 heteroatoms. The molecule has 100 valence electrons. The van der Waals surface area contributed by atoms with E-state index in [0.717, 1.165) is 16.8 Å². The zero-order chi connectivity index (χ0) is 14.2. The highest BCUT2D eigenvalue weighted by molar-refractivity contribution is 6.05. The summed E-state index contributed by atoms with van der Waals surface area (Å²) in [5.41, 5.74) is 2.65. The number of aliphatic imine (C=N–C) groups is 1. The predicted octanol–water partition coefficient (Wildman–Crippen LogP) is 4.45. The van der Waals surface area contributed by atoms with E-state index < -0.39 is 0 Å². The van der Waals surface area contributed by atoms with Gasteiger partial charge >= 0.3 is 0 Å². The second-order valence-electron chi connectivity index (χ2n) is 4.51. The Morgan fingerprint density at radius 3 is 2.25 bits per heavy atom. The normalized spacial score (nSPS) is 11.8. The number of ketones is 1. The maximum atomic E-state index is 12.0. The van der Waals surface area contributed by atoms with Gasteiger partial charge in [0.25, 0.3) is 0 Å². The summed E-state index contributed by atoms with van der Waals surface area (Å²) < 4.78 is 0. The van der Waals surface area contributed by atoms with E-state index in [4.69, 9.17) is 0 Å². The fourth-order valence-electron chi connectivity index (χ4n) is 1.79. The van der Waals surface area contributed by atoms with Crippen molar-refractivity contribution in [1.29, 1.82) is 0 Å². The van der Waals surface area contributed by atoms with Gasteiger partial charge in [0.15, 0.2) is 5.78 Å². The van der Waals surface area contributed by atoms with Gasteiger partial charge in [-0.1, -0.05) is 48.5 Å². The van der Waals surface area contributed by atoms with E-state index in [1.165, 1.54) is 0 Å². The third-order valence-corrected chi connectivity index (χ3v) is 2.90. The van der Waals surface area contributed by atoms with Gasteiger partial charge in [0.05, 0.1) is 5.69 Å². The van der Waals surface area contributed by atoms with Crippen LogP contribution in [0.2, 0.25) is 0 Å². The molecule has 0 bridgehead atoms. The second-order valence-corrected chi connectivity index (χ2v) is 4.51. The van der Waals surface area contributed by atoms with Crippen LogP contribution in [0.5, 0.6) is 0 Å². The number of carbonyl (C=O) groups is 1. The Bertz CT molecular complexity index is 612. The monoisotopic (exact) mass is 263 g/mol. The van der Waals surface area contributed by atoms with Gasteiger partial charge in [-0.3, -0.25) is 9.79 Å². The standard InChI is InChI=1S/C18H17NO/c1-15(14-16-8-4-2-5-9-16)18(20)12-13-19-17-10-6-3-7-11-17/h2-11,13-14H,12H2,1H3/b15-14+,19-13?. The first-order valence-electron chi connectivity index (χ1n) is 6.60. The van der Waals surface area contributed by atoms with Gasteiger partial charge in [-0.15, -0.1) is 0 Å². The van der Waals surface area contributed by atoms with Crippen molar-refractivity contribution in [3.05, 3.63) is 71.8 Å². The third-order valence-electron chi connectivity index (χ3n) is 2.90. The summed E-state index contributed by atoms with van der Waals surface area (Å²) >= 11 is 0. The van der Waals surface area contributed by atoms with Crippen molar-refractivity contribution in [3.8, 4) is 0 Å². The van der Waals surface area contributed by atoms with Gasteiger partial charge in [-0.25, -0.2) is 0 Å². The molecule has 0 amide bonds. The summed E-state index contributed by atoms with van der Waals surface area (Å²) in [6.45, 7) is 1.84. The highest BCUT2D eigenvalue weighted by Gasteiger charge is 2.02.